The largest absolute Gasteiger partial charge is 0.490 e. The molecule has 0 saturated carbocycles. The van der Waals surface area contributed by atoms with Crippen molar-refractivity contribution in [2.75, 3.05) is 39.5 Å². The topological polar surface area (TPSA) is 78.3 Å². The predicted molar refractivity (Wildman–Crippen MR) is 113 cm³/mol. The van der Waals surface area contributed by atoms with Crippen molar-refractivity contribution < 1.29 is 28.7 Å². The number of quaternary nitrogens is 1. The second kappa shape index (κ2) is 10.7. The molecule has 0 unspecified atom stereocenters. The van der Waals surface area contributed by atoms with E-state index in [1.54, 1.807) is 0 Å². The molecule has 2 N–H and O–H groups in total. The van der Waals surface area contributed by atoms with Crippen molar-refractivity contribution in [2.45, 2.75) is 46.1 Å². The predicted octanol–water partition coefficient (Wildman–Crippen LogP) is 1.52. The summed E-state index contributed by atoms with van der Waals surface area (Å²) in [5, 5.41) is 3.21. The third-order valence-electron chi connectivity index (χ3n) is 5.84. The standard InChI is InChI=1S/C23H34N2O5/c1-4-28-23(27)17-8-10-25(11-9-17)15-21(26)24-22(16(2)3)18-6-7-19-20(14-18)30-13-5-12-29-19/h6-7,14,16-17,22H,4-5,8-13,15H2,1-3H3,(H,24,26)/p+1/t22-/m1/s1. The molecule has 3 rings (SSSR count). The minimum Gasteiger partial charge on any atom is -0.490 e. The van der Waals surface area contributed by atoms with Crippen LogP contribution in [-0.2, 0) is 14.3 Å². The van der Waals surface area contributed by atoms with Gasteiger partial charge in [0.25, 0.3) is 5.91 Å². The molecule has 0 bridgehead atoms. The third-order valence-corrected chi connectivity index (χ3v) is 5.84. The van der Waals surface area contributed by atoms with E-state index >= 15 is 0 Å². The van der Waals surface area contributed by atoms with Crippen LogP contribution in [-0.4, -0.2) is 51.3 Å². The van der Waals surface area contributed by atoms with Crippen molar-refractivity contribution in [2.24, 2.45) is 11.8 Å². The van der Waals surface area contributed by atoms with Gasteiger partial charge < -0.3 is 24.4 Å². The summed E-state index contributed by atoms with van der Waals surface area (Å²) < 4.78 is 16.7. The van der Waals surface area contributed by atoms with E-state index in [4.69, 9.17) is 14.2 Å². The van der Waals surface area contributed by atoms with Gasteiger partial charge in [0.05, 0.1) is 44.9 Å². The zero-order valence-electron chi connectivity index (χ0n) is 18.4. The number of piperidine rings is 1. The fourth-order valence-electron chi connectivity index (χ4n) is 4.16. The Hall–Kier alpha value is -2.28. The van der Waals surface area contributed by atoms with Crippen LogP contribution in [0.4, 0.5) is 0 Å². The minimum atomic E-state index is -0.102. The fourth-order valence-corrected chi connectivity index (χ4v) is 4.16. The third kappa shape index (κ3) is 5.88. The molecule has 30 heavy (non-hydrogen) atoms. The van der Waals surface area contributed by atoms with Crippen molar-refractivity contribution >= 4 is 11.9 Å². The van der Waals surface area contributed by atoms with Crippen LogP contribution in [0.2, 0.25) is 0 Å². The lowest BCUT2D eigenvalue weighted by Crippen LogP contribution is -3.14. The molecule has 7 heteroatoms. The average molecular weight is 420 g/mol. The number of likely N-dealkylation sites (tertiary alicyclic amines) is 1. The van der Waals surface area contributed by atoms with Crippen LogP contribution in [0.5, 0.6) is 11.5 Å². The fraction of sp³-hybridized carbons (Fsp3) is 0.652. The minimum absolute atomic E-state index is 0.0260. The maximum absolute atomic E-state index is 12.8. The van der Waals surface area contributed by atoms with Gasteiger partial charge in [0.1, 0.15) is 0 Å². The Bertz CT molecular complexity index is 728. The highest BCUT2D eigenvalue weighted by molar-refractivity contribution is 5.77. The molecule has 166 valence electrons. The van der Waals surface area contributed by atoms with Crippen LogP contribution in [0.15, 0.2) is 18.2 Å². The molecule has 0 aliphatic carbocycles. The smallest absolute Gasteiger partial charge is 0.309 e. The molecular formula is C23H35N2O5+. The van der Waals surface area contributed by atoms with Gasteiger partial charge in [-0.05, 0) is 30.5 Å². The first-order valence-electron chi connectivity index (χ1n) is 11.2. The Morgan fingerprint density at radius 3 is 2.53 bits per heavy atom. The van der Waals surface area contributed by atoms with Crippen molar-refractivity contribution in [3.8, 4) is 11.5 Å². The molecule has 2 heterocycles. The average Bonchev–Trinajstić information content (AvgIpc) is 2.97. The molecule has 0 radical (unpaired) electrons. The van der Waals surface area contributed by atoms with Crippen LogP contribution < -0.4 is 19.7 Å². The highest BCUT2D eigenvalue weighted by Crippen LogP contribution is 2.34. The molecule has 1 saturated heterocycles. The molecule has 7 nitrogen and oxygen atoms in total. The molecule has 1 fully saturated rings. The van der Waals surface area contributed by atoms with E-state index in [2.05, 4.69) is 19.2 Å². The summed E-state index contributed by atoms with van der Waals surface area (Å²) in [5.74, 6) is 1.65. The maximum Gasteiger partial charge on any atom is 0.309 e. The van der Waals surface area contributed by atoms with Crippen molar-refractivity contribution in [3.05, 3.63) is 23.8 Å². The van der Waals surface area contributed by atoms with Crippen LogP contribution >= 0.6 is 0 Å². The lowest BCUT2D eigenvalue weighted by Gasteiger charge is -2.29. The molecule has 1 atom stereocenters. The Labute approximate surface area is 179 Å². The van der Waals surface area contributed by atoms with E-state index in [1.807, 2.05) is 25.1 Å². The summed E-state index contributed by atoms with van der Waals surface area (Å²) in [4.78, 5) is 25.9. The zero-order chi connectivity index (χ0) is 21.5. The Balaban J connectivity index is 1.56. The number of rotatable bonds is 7. The summed E-state index contributed by atoms with van der Waals surface area (Å²) in [6.45, 7) is 9.80. The summed E-state index contributed by atoms with van der Waals surface area (Å²) >= 11 is 0. The number of benzene rings is 1. The van der Waals surface area contributed by atoms with E-state index in [0.29, 0.717) is 26.4 Å². The molecule has 0 aromatic heterocycles. The zero-order valence-corrected chi connectivity index (χ0v) is 18.4. The molecular weight excluding hydrogens is 384 g/mol. The highest BCUT2D eigenvalue weighted by atomic mass is 16.5. The maximum atomic E-state index is 12.8. The van der Waals surface area contributed by atoms with E-state index in [-0.39, 0.29) is 29.8 Å². The van der Waals surface area contributed by atoms with Crippen LogP contribution in [0.1, 0.15) is 51.6 Å². The first kappa shape index (κ1) is 22.4. The number of amides is 1. The number of carbonyl (C=O) groups is 2. The second-order valence-corrected chi connectivity index (χ2v) is 8.50. The Morgan fingerprint density at radius 2 is 1.87 bits per heavy atom. The van der Waals surface area contributed by atoms with E-state index < -0.39 is 0 Å². The van der Waals surface area contributed by atoms with Crippen molar-refractivity contribution in [1.29, 1.82) is 0 Å². The number of carbonyl (C=O) groups excluding carboxylic acids is 2. The van der Waals surface area contributed by atoms with Crippen LogP contribution in [0.3, 0.4) is 0 Å². The van der Waals surface area contributed by atoms with Gasteiger partial charge in [-0.2, -0.15) is 0 Å². The molecule has 1 amide bonds. The molecule has 2 aliphatic rings. The SMILES string of the molecule is CCOC(=O)C1CC[NH+](CC(=O)N[C@@H](c2ccc3c(c2)OCCCO3)C(C)C)CC1. The molecule has 1 aromatic carbocycles. The molecule has 2 aliphatic heterocycles. The first-order valence-corrected chi connectivity index (χ1v) is 11.2. The summed E-state index contributed by atoms with van der Waals surface area (Å²) in [7, 11) is 0. The normalized spacial score (nSPS) is 22.1. The van der Waals surface area contributed by atoms with Gasteiger partial charge in [0.15, 0.2) is 18.0 Å². The number of esters is 1. The van der Waals surface area contributed by atoms with Crippen LogP contribution in [0, 0.1) is 11.8 Å². The van der Waals surface area contributed by atoms with Gasteiger partial charge in [-0.1, -0.05) is 19.9 Å². The van der Waals surface area contributed by atoms with Crippen molar-refractivity contribution in [3.63, 3.8) is 0 Å². The van der Waals surface area contributed by atoms with Gasteiger partial charge in [-0.15, -0.1) is 0 Å². The highest BCUT2D eigenvalue weighted by Gasteiger charge is 2.30. The first-order chi connectivity index (χ1) is 14.5. The number of hydrogen-bond donors (Lipinski definition) is 2. The number of nitrogens with one attached hydrogen (secondary N) is 2. The Morgan fingerprint density at radius 1 is 1.17 bits per heavy atom. The Kier molecular flexibility index (Phi) is 7.96. The lowest BCUT2D eigenvalue weighted by molar-refractivity contribution is -0.897. The number of hydrogen-bond acceptors (Lipinski definition) is 5. The van der Waals surface area contributed by atoms with E-state index in [1.165, 1.54) is 4.90 Å². The summed E-state index contributed by atoms with van der Waals surface area (Å²) in [5.41, 5.74) is 1.03. The van der Waals surface area contributed by atoms with Gasteiger partial charge >= 0.3 is 5.97 Å². The van der Waals surface area contributed by atoms with Crippen LogP contribution in [0.25, 0.3) is 0 Å². The van der Waals surface area contributed by atoms with Gasteiger partial charge in [0, 0.05) is 19.3 Å². The number of ether oxygens (including phenoxy) is 3. The molecule has 0 spiro atoms. The monoisotopic (exact) mass is 419 g/mol. The lowest BCUT2D eigenvalue weighted by atomic mass is 9.95. The second-order valence-electron chi connectivity index (χ2n) is 8.50. The number of fused-ring (bicyclic) bond motifs is 1. The van der Waals surface area contributed by atoms with Crippen molar-refractivity contribution in [1.82, 2.24) is 5.32 Å². The summed E-state index contributed by atoms with van der Waals surface area (Å²) in [6, 6.07) is 5.84. The van der Waals surface area contributed by atoms with Gasteiger partial charge in [-0.25, -0.2) is 0 Å². The van der Waals surface area contributed by atoms with E-state index in [9.17, 15) is 9.59 Å². The summed E-state index contributed by atoms with van der Waals surface area (Å²) in [6.07, 6.45) is 2.42. The quantitative estimate of drug-likeness (QED) is 0.656. The van der Waals surface area contributed by atoms with E-state index in [0.717, 1.165) is 49.4 Å². The van der Waals surface area contributed by atoms with Gasteiger partial charge in [0.2, 0.25) is 0 Å². The molecule has 1 aromatic rings. The van der Waals surface area contributed by atoms with Gasteiger partial charge in [-0.3, -0.25) is 9.59 Å².